The zero-order valence-electron chi connectivity index (χ0n) is 7.83. The molecule has 0 saturated carbocycles. The van der Waals surface area contributed by atoms with Gasteiger partial charge in [-0.15, -0.1) is 0 Å². The Balaban J connectivity index is 2.64. The van der Waals surface area contributed by atoms with Crippen molar-refractivity contribution in [1.82, 2.24) is 4.57 Å². The van der Waals surface area contributed by atoms with Crippen molar-refractivity contribution in [2.45, 2.75) is 13.5 Å². The molecule has 2 nitrogen and oxygen atoms in total. The third-order valence-corrected chi connectivity index (χ3v) is 2.36. The second kappa shape index (κ2) is 3.23. The molecule has 1 aromatic carbocycles. The van der Waals surface area contributed by atoms with Gasteiger partial charge in [-0.05, 0) is 23.9 Å². The molecule has 0 aliphatic heterocycles. The highest BCUT2D eigenvalue weighted by Crippen LogP contribution is 2.18. The highest BCUT2D eigenvalue weighted by molar-refractivity contribution is 5.83. The summed E-state index contributed by atoms with van der Waals surface area (Å²) >= 11 is 0. The fourth-order valence-electron chi connectivity index (χ4n) is 1.78. The maximum absolute atomic E-state index is 5.54. The molecule has 0 atom stereocenters. The van der Waals surface area contributed by atoms with Crippen LogP contribution < -0.4 is 5.73 Å². The van der Waals surface area contributed by atoms with Crippen molar-refractivity contribution < 1.29 is 0 Å². The van der Waals surface area contributed by atoms with Gasteiger partial charge >= 0.3 is 0 Å². The lowest BCUT2D eigenvalue weighted by atomic mass is 10.2. The summed E-state index contributed by atoms with van der Waals surface area (Å²) in [6.45, 7) is 3.72. The van der Waals surface area contributed by atoms with E-state index in [1.54, 1.807) is 0 Å². The first kappa shape index (κ1) is 8.32. The molecule has 0 bridgehead atoms. The van der Waals surface area contributed by atoms with Crippen molar-refractivity contribution in [1.29, 1.82) is 0 Å². The zero-order chi connectivity index (χ0) is 9.26. The van der Waals surface area contributed by atoms with Gasteiger partial charge in [-0.1, -0.05) is 18.2 Å². The van der Waals surface area contributed by atoms with E-state index >= 15 is 0 Å². The molecule has 0 aliphatic rings. The van der Waals surface area contributed by atoms with Gasteiger partial charge in [-0.3, -0.25) is 0 Å². The first-order valence-electron chi connectivity index (χ1n) is 4.57. The summed E-state index contributed by atoms with van der Waals surface area (Å²) in [6, 6.07) is 8.49. The number of nitrogens with two attached hydrogens (primary N) is 1. The molecule has 0 unspecified atom stereocenters. The SMILES string of the molecule is Cc1cccc2ccn(CCN)c12. The average molecular weight is 174 g/mol. The van der Waals surface area contributed by atoms with E-state index in [0.29, 0.717) is 6.54 Å². The fraction of sp³-hybridized carbons (Fsp3) is 0.273. The Morgan fingerprint density at radius 1 is 1.31 bits per heavy atom. The van der Waals surface area contributed by atoms with Gasteiger partial charge in [-0.25, -0.2) is 0 Å². The van der Waals surface area contributed by atoms with Gasteiger partial charge < -0.3 is 10.3 Å². The van der Waals surface area contributed by atoms with Crippen LogP contribution in [0.25, 0.3) is 10.9 Å². The second-order valence-electron chi connectivity index (χ2n) is 3.31. The van der Waals surface area contributed by atoms with Crippen LogP contribution in [0.1, 0.15) is 5.56 Å². The van der Waals surface area contributed by atoms with Crippen LogP contribution in [0.4, 0.5) is 0 Å². The quantitative estimate of drug-likeness (QED) is 0.740. The Bertz CT molecular complexity index is 415. The average Bonchev–Trinajstić information content (AvgIpc) is 2.51. The molecule has 0 amide bonds. The maximum Gasteiger partial charge on any atom is 0.0510 e. The van der Waals surface area contributed by atoms with E-state index < -0.39 is 0 Å². The van der Waals surface area contributed by atoms with Gasteiger partial charge in [0.05, 0.1) is 5.52 Å². The maximum atomic E-state index is 5.54. The molecule has 0 radical (unpaired) electrons. The molecule has 1 aromatic heterocycles. The van der Waals surface area contributed by atoms with E-state index in [9.17, 15) is 0 Å². The van der Waals surface area contributed by atoms with Crippen molar-refractivity contribution in [2.24, 2.45) is 5.73 Å². The van der Waals surface area contributed by atoms with Gasteiger partial charge in [0.2, 0.25) is 0 Å². The number of aromatic nitrogens is 1. The van der Waals surface area contributed by atoms with Crippen molar-refractivity contribution in [3.63, 3.8) is 0 Å². The predicted octanol–water partition coefficient (Wildman–Crippen LogP) is 1.91. The number of benzene rings is 1. The Hall–Kier alpha value is -1.28. The van der Waals surface area contributed by atoms with E-state index in [-0.39, 0.29) is 0 Å². The molecule has 2 heteroatoms. The minimum Gasteiger partial charge on any atom is -0.346 e. The molecule has 0 spiro atoms. The summed E-state index contributed by atoms with van der Waals surface area (Å²) in [4.78, 5) is 0. The molecule has 68 valence electrons. The third kappa shape index (κ3) is 1.33. The van der Waals surface area contributed by atoms with Crippen molar-refractivity contribution in [3.8, 4) is 0 Å². The standard InChI is InChI=1S/C11H14N2/c1-9-3-2-4-10-5-7-13(8-6-12)11(9)10/h2-5,7H,6,8,12H2,1H3. The number of para-hydroxylation sites is 1. The molecular formula is C11H14N2. The van der Waals surface area contributed by atoms with Crippen molar-refractivity contribution in [2.75, 3.05) is 6.54 Å². The molecule has 0 aliphatic carbocycles. The minimum atomic E-state index is 0.693. The largest absolute Gasteiger partial charge is 0.346 e. The van der Waals surface area contributed by atoms with E-state index in [1.807, 2.05) is 0 Å². The highest BCUT2D eigenvalue weighted by Gasteiger charge is 2.01. The van der Waals surface area contributed by atoms with Crippen molar-refractivity contribution >= 4 is 10.9 Å². The predicted molar refractivity (Wildman–Crippen MR) is 55.7 cm³/mol. The van der Waals surface area contributed by atoms with E-state index in [4.69, 9.17) is 5.73 Å². The van der Waals surface area contributed by atoms with Crippen LogP contribution in [0, 0.1) is 6.92 Å². The van der Waals surface area contributed by atoms with E-state index in [0.717, 1.165) is 6.54 Å². The minimum absolute atomic E-state index is 0.693. The first-order valence-corrected chi connectivity index (χ1v) is 4.57. The highest BCUT2D eigenvalue weighted by atomic mass is 15.0. The van der Waals surface area contributed by atoms with Crippen LogP contribution in [-0.2, 0) is 6.54 Å². The molecule has 2 aromatic rings. The number of nitrogens with zero attached hydrogens (tertiary/aromatic N) is 1. The van der Waals surface area contributed by atoms with Gasteiger partial charge in [0.25, 0.3) is 0 Å². The Labute approximate surface area is 78.0 Å². The lowest BCUT2D eigenvalue weighted by molar-refractivity contribution is 0.734. The first-order chi connectivity index (χ1) is 6.33. The molecule has 13 heavy (non-hydrogen) atoms. The van der Waals surface area contributed by atoms with Gasteiger partial charge in [-0.2, -0.15) is 0 Å². The summed E-state index contributed by atoms with van der Waals surface area (Å²) in [7, 11) is 0. The summed E-state index contributed by atoms with van der Waals surface area (Å²) in [5.41, 5.74) is 8.17. The summed E-state index contributed by atoms with van der Waals surface area (Å²) in [6.07, 6.45) is 2.10. The molecule has 2 N–H and O–H groups in total. The number of rotatable bonds is 2. The molecule has 2 rings (SSSR count). The van der Waals surface area contributed by atoms with Gasteiger partial charge in [0.1, 0.15) is 0 Å². The molecular weight excluding hydrogens is 160 g/mol. The second-order valence-corrected chi connectivity index (χ2v) is 3.31. The number of hydrogen-bond donors (Lipinski definition) is 1. The van der Waals surface area contributed by atoms with Crippen LogP contribution in [-0.4, -0.2) is 11.1 Å². The van der Waals surface area contributed by atoms with Crippen molar-refractivity contribution in [3.05, 3.63) is 36.0 Å². The number of hydrogen-bond acceptors (Lipinski definition) is 1. The summed E-state index contributed by atoms with van der Waals surface area (Å²) in [5, 5.41) is 1.30. The Kier molecular flexibility index (Phi) is 2.07. The molecule has 0 fully saturated rings. The lowest BCUT2D eigenvalue weighted by Crippen LogP contribution is -2.08. The van der Waals surface area contributed by atoms with Crippen LogP contribution in [0.15, 0.2) is 30.5 Å². The monoisotopic (exact) mass is 174 g/mol. The zero-order valence-corrected chi connectivity index (χ0v) is 7.83. The summed E-state index contributed by atoms with van der Waals surface area (Å²) < 4.78 is 2.21. The van der Waals surface area contributed by atoms with Gasteiger partial charge in [0.15, 0.2) is 0 Å². The van der Waals surface area contributed by atoms with Gasteiger partial charge in [0, 0.05) is 19.3 Å². The molecule has 0 saturated heterocycles. The summed E-state index contributed by atoms with van der Waals surface area (Å²) in [5.74, 6) is 0. The Morgan fingerprint density at radius 3 is 2.92 bits per heavy atom. The topological polar surface area (TPSA) is 30.9 Å². The number of fused-ring (bicyclic) bond motifs is 1. The smallest absolute Gasteiger partial charge is 0.0510 e. The third-order valence-electron chi connectivity index (χ3n) is 2.36. The molecule has 1 heterocycles. The van der Waals surface area contributed by atoms with E-state index in [2.05, 4.69) is 42.0 Å². The Morgan fingerprint density at radius 2 is 2.15 bits per heavy atom. The van der Waals surface area contributed by atoms with Crippen LogP contribution in [0.2, 0.25) is 0 Å². The lowest BCUT2D eigenvalue weighted by Gasteiger charge is -2.04. The van der Waals surface area contributed by atoms with Crippen LogP contribution >= 0.6 is 0 Å². The normalized spacial score (nSPS) is 10.9. The van der Waals surface area contributed by atoms with E-state index in [1.165, 1.54) is 16.5 Å². The van der Waals surface area contributed by atoms with Crippen LogP contribution in [0.3, 0.4) is 0 Å². The number of aryl methyl sites for hydroxylation is 1. The fourth-order valence-corrected chi connectivity index (χ4v) is 1.78. The van der Waals surface area contributed by atoms with Crippen LogP contribution in [0.5, 0.6) is 0 Å².